The van der Waals surface area contributed by atoms with Crippen LogP contribution in [0.2, 0.25) is 0 Å². The van der Waals surface area contributed by atoms with E-state index in [1.54, 1.807) is 0 Å². The summed E-state index contributed by atoms with van der Waals surface area (Å²) in [6.07, 6.45) is 2.55. The number of fused-ring (bicyclic) bond motifs is 1. The molecule has 1 N–H and O–H groups in total. The Kier molecular flexibility index (Phi) is 5.53. The lowest BCUT2D eigenvalue weighted by molar-refractivity contribution is 0.199. The highest BCUT2D eigenvalue weighted by atomic mass is 32.2. The van der Waals surface area contributed by atoms with Crippen molar-refractivity contribution >= 4 is 14.9 Å². The van der Waals surface area contributed by atoms with E-state index in [1.165, 1.54) is 0 Å². The minimum Gasteiger partial charge on any atom is -0.356 e. The first-order valence-corrected chi connectivity index (χ1v) is 10.3. The monoisotopic (exact) mass is 351 g/mol. The third-order valence-corrected chi connectivity index (χ3v) is 6.29. The molecule has 0 saturated carbocycles. The third-order valence-electron chi connectivity index (χ3n) is 4.53. The number of hydrogen-bond acceptors (Lipinski definition) is 6. The molecule has 7 heteroatoms. The zero-order chi connectivity index (χ0) is 17.0. The van der Waals surface area contributed by atoms with Crippen molar-refractivity contribution in [2.45, 2.75) is 32.2 Å². The first-order valence-electron chi connectivity index (χ1n) is 8.65. The molecule has 1 atom stereocenters. The Hall–Kier alpha value is -1.44. The standard InChI is InChI=1S/C17H25N3O3S/c1-2-3-6-13-24(21,22)17-16(20-11-9-18-10-12-20)14-7-4-5-8-15(14)23-19-17/h4-5,7-8,16,18H,2-3,6,9-13H2,1H3. The Morgan fingerprint density at radius 2 is 2.00 bits per heavy atom. The van der Waals surface area contributed by atoms with Crippen molar-refractivity contribution in [1.29, 1.82) is 0 Å². The summed E-state index contributed by atoms with van der Waals surface area (Å²) in [5.41, 5.74) is 0.892. The predicted octanol–water partition coefficient (Wildman–Crippen LogP) is 1.94. The maximum atomic E-state index is 12.9. The minimum atomic E-state index is -3.43. The summed E-state index contributed by atoms with van der Waals surface area (Å²) in [6, 6.07) is 7.24. The van der Waals surface area contributed by atoms with Crippen molar-refractivity contribution in [2.24, 2.45) is 5.16 Å². The lowest BCUT2D eigenvalue weighted by Gasteiger charge is -2.37. The van der Waals surface area contributed by atoms with Gasteiger partial charge in [0.25, 0.3) is 0 Å². The maximum absolute atomic E-state index is 12.9. The number of piperazine rings is 1. The minimum absolute atomic E-state index is 0.133. The van der Waals surface area contributed by atoms with E-state index >= 15 is 0 Å². The van der Waals surface area contributed by atoms with E-state index in [1.807, 2.05) is 24.3 Å². The Morgan fingerprint density at radius 1 is 1.25 bits per heavy atom. The summed E-state index contributed by atoms with van der Waals surface area (Å²) in [7, 11) is -3.43. The number of benzene rings is 1. The third kappa shape index (κ3) is 3.63. The molecule has 1 aromatic rings. The fraction of sp³-hybridized carbons (Fsp3) is 0.588. The van der Waals surface area contributed by atoms with Crippen LogP contribution in [-0.4, -0.2) is 50.3 Å². The van der Waals surface area contributed by atoms with Crippen LogP contribution in [0.15, 0.2) is 29.4 Å². The molecule has 6 nitrogen and oxygen atoms in total. The van der Waals surface area contributed by atoms with Gasteiger partial charge in [-0.1, -0.05) is 43.1 Å². The van der Waals surface area contributed by atoms with Gasteiger partial charge < -0.3 is 10.2 Å². The maximum Gasteiger partial charge on any atom is 0.196 e. The van der Waals surface area contributed by atoms with Gasteiger partial charge >= 0.3 is 0 Å². The molecule has 3 rings (SSSR count). The Bertz CT molecular complexity index is 697. The van der Waals surface area contributed by atoms with E-state index in [-0.39, 0.29) is 16.8 Å². The van der Waals surface area contributed by atoms with Crippen LogP contribution < -0.4 is 10.2 Å². The highest BCUT2D eigenvalue weighted by Gasteiger charge is 2.39. The van der Waals surface area contributed by atoms with Crippen LogP contribution in [-0.2, 0) is 9.84 Å². The first-order chi connectivity index (χ1) is 11.6. The highest BCUT2D eigenvalue weighted by Crippen LogP contribution is 2.36. The van der Waals surface area contributed by atoms with Gasteiger partial charge in [0.2, 0.25) is 0 Å². The van der Waals surface area contributed by atoms with Gasteiger partial charge in [-0.05, 0) is 12.5 Å². The summed E-state index contributed by atoms with van der Waals surface area (Å²) in [5.74, 6) is 0.780. The van der Waals surface area contributed by atoms with Gasteiger partial charge in [-0.2, -0.15) is 0 Å². The first kappa shape index (κ1) is 17.4. The average molecular weight is 351 g/mol. The second-order valence-corrected chi connectivity index (χ2v) is 8.33. The van der Waals surface area contributed by atoms with Crippen LogP contribution in [0.5, 0.6) is 5.75 Å². The Labute approximate surface area is 143 Å². The molecule has 0 aromatic heterocycles. The van der Waals surface area contributed by atoms with Crippen molar-refractivity contribution in [2.75, 3.05) is 31.9 Å². The quantitative estimate of drug-likeness (QED) is 0.821. The van der Waals surface area contributed by atoms with E-state index < -0.39 is 9.84 Å². The number of oxime groups is 1. The van der Waals surface area contributed by atoms with E-state index in [4.69, 9.17) is 4.84 Å². The summed E-state index contributed by atoms with van der Waals surface area (Å²) in [5, 5.41) is 7.52. The van der Waals surface area contributed by atoms with Gasteiger partial charge in [0.15, 0.2) is 20.6 Å². The molecule has 1 aromatic carbocycles. The Morgan fingerprint density at radius 3 is 2.75 bits per heavy atom. The van der Waals surface area contributed by atoms with Crippen molar-refractivity contribution in [3.05, 3.63) is 29.8 Å². The van der Waals surface area contributed by atoms with Crippen molar-refractivity contribution < 1.29 is 13.3 Å². The second kappa shape index (κ2) is 7.63. The lowest BCUT2D eigenvalue weighted by Crippen LogP contribution is -2.49. The van der Waals surface area contributed by atoms with Crippen molar-refractivity contribution in [3.8, 4) is 5.75 Å². The van der Waals surface area contributed by atoms with E-state index in [0.717, 1.165) is 44.6 Å². The van der Waals surface area contributed by atoms with E-state index in [0.29, 0.717) is 12.2 Å². The van der Waals surface area contributed by atoms with E-state index in [9.17, 15) is 8.42 Å². The molecule has 2 aliphatic rings. The number of sulfone groups is 1. The molecule has 2 heterocycles. The SMILES string of the molecule is CCCCCS(=O)(=O)C1=NOc2ccccc2C1N1CCNCC1. The highest BCUT2D eigenvalue weighted by molar-refractivity contribution is 8.06. The van der Waals surface area contributed by atoms with Crippen molar-refractivity contribution in [3.63, 3.8) is 0 Å². The zero-order valence-electron chi connectivity index (χ0n) is 14.1. The molecule has 0 aliphatic carbocycles. The number of nitrogens with zero attached hydrogens (tertiary/aromatic N) is 2. The fourth-order valence-electron chi connectivity index (χ4n) is 3.23. The van der Waals surface area contributed by atoms with Crippen LogP contribution in [0, 0.1) is 0 Å². The van der Waals surface area contributed by atoms with Gasteiger partial charge in [-0.3, -0.25) is 4.90 Å². The molecule has 1 saturated heterocycles. The normalized spacial score (nSPS) is 21.7. The van der Waals surface area contributed by atoms with Gasteiger partial charge in [-0.25, -0.2) is 8.42 Å². The molecule has 0 spiro atoms. The smallest absolute Gasteiger partial charge is 0.196 e. The number of unbranched alkanes of at least 4 members (excludes halogenated alkanes) is 2. The molecular weight excluding hydrogens is 326 g/mol. The van der Waals surface area contributed by atoms with E-state index in [2.05, 4.69) is 22.3 Å². The van der Waals surface area contributed by atoms with Gasteiger partial charge in [0.1, 0.15) is 0 Å². The average Bonchev–Trinajstić information content (AvgIpc) is 2.61. The van der Waals surface area contributed by atoms with Gasteiger partial charge in [-0.15, -0.1) is 0 Å². The predicted molar refractivity (Wildman–Crippen MR) is 95.0 cm³/mol. The summed E-state index contributed by atoms with van der Waals surface area (Å²) >= 11 is 0. The van der Waals surface area contributed by atoms with Crippen LogP contribution in [0.3, 0.4) is 0 Å². The van der Waals surface area contributed by atoms with Crippen LogP contribution in [0.1, 0.15) is 37.8 Å². The van der Waals surface area contributed by atoms with Gasteiger partial charge in [0.05, 0.1) is 11.8 Å². The number of rotatable bonds is 5. The fourth-order valence-corrected chi connectivity index (χ4v) is 4.79. The molecule has 0 bridgehead atoms. The summed E-state index contributed by atoms with van der Waals surface area (Å²) in [6.45, 7) is 5.35. The lowest BCUT2D eigenvalue weighted by atomic mass is 10.0. The van der Waals surface area contributed by atoms with Gasteiger partial charge in [0, 0.05) is 31.7 Å². The number of hydrogen-bond donors (Lipinski definition) is 1. The second-order valence-electron chi connectivity index (χ2n) is 6.27. The number of para-hydroxylation sites is 1. The van der Waals surface area contributed by atoms with Crippen LogP contribution in [0.25, 0.3) is 0 Å². The molecule has 1 unspecified atom stereocenters. The Balaban J connectivity index is 1.93. The topological polar surface area (TPSA) is 71.0 Å². The molecule has 0 amide bonds. The number of nitrogens with one attached hydrogen (secondary N) is 1. The molecular formula is C17H25N3O3S. The molecule has 2 aliphatic heterocycles. The van der Waals surface area contributed by atoms with Crippen molar-refractivity contribution in [1.82, 2.24) is 10.2 Å². The largest absolute Gasteiger partial charge is 0.356 e. The van der Waals surface area contributed by atoms with Crippen LogP contribution in [0.4, 0.5) is 0 Å². The summed E-state index contributed by atoms with van der Waals surface area (Å²) < 4.78 is 25.7. The molecule has 0 radical (unpaired) electrons. The van der Waals surface area contributed by atoms with Crippen LogP contribution >= 0.6 is 0 Å². The molecule has 132 valence electrons. The molecule has 1 fully saturated rings. The summed E-state index contributed by atoms with van der Waals surface area (Å²) in [4.78, 5) is 7.60. The molecule has 24 heavy (non-hydrogen) atoms. The zero-order valence-corrected chi connectivity index (χ0v) is 14.9.